The van der Waals surface area contributed by atoms with Gasteiger partial charge < -0.3 is 15.2 Å². The van der Waals surface area contributed by atoms with E-state index in [-0.39, 0.29) is 30.6 Å². The number of ether oxygens (including phenoxy) is 2. The summed E-state index contributed by atoms with van der Waals surface area (Å²) in [6, 6.07) is 4.58. The number of carbonyl (C=O) groups excluding carboxylic acids is 1. The van der Waals surface area contributed by atoms with E-state index in [1.165, 1.54) is 6.07 Å². The van der Waals surface area contributed by atoms with E-state index >= 15 is 0 Å². The molecular formula is C13H19ClFNO3. The van der Waals surface area contributed by atoms with Crippen LogP contribution in [0.25, 0.3) is 0 Å². The van der Waals surface area contributed by atoms with Gasteiger partial charge in [0, 0.05) is 19.0 Å². The number of benzene rings is 1. The van der Waals surface area contributed by atoms with E-state index in [2.05, 4.69) is 0 Å². The van der Waals surface area contributed by atoms with Crippen LogP contribution in [0.5, 0.6) is 5.75 Å². The molecule has 1 aromatic rings. The lowest BCUT2D eigenvalue weighted by Crippen LogP contribution is -2.11. The predicted octanol–water partition coefficient (Wildman–Crippen LogP) is 2.08. The fourth-order valence-corrected chi connectivity index (χ4v) is 1.47. The monoisotopic (exact) mass is 291 g/mol. The maximum absolute atomic E-state index is 13.7. The highest BCUT2D eigenvalue weighted by molar-refractivity contribution is 5.85. The Kier molecular flexibility index (Phi) is 8.91. The summed E-state index contributed by atoms with van der Waals surface area (Å²) < 4.78 is 23.6. The Bertz CT molecular complexity index is 401. The van der Waals surface area contributed by atoms with Gasteiger partial charge in [0.2, 0.25) is 0 Å². The van der Waals surface area contributed by atoms with Crippen molar-refractivity contribution in [1.29, 1.82) is 0 Å². The summed E-state index contributed by atoms with van der Waals surface area (Å²) in [6.07, 6.45) is 0.496. The maximum Gasteiger partial charge on any atom is 0.306 e. The molecule has 0 saturated carbocycles. The van der Waals surface area contributed by atoms with E-state index in [0.717, 1.165) is 0 Å². The average Bonchev–Trinajstić information content (AvgIpc) is 2.35. The van der Waals surface area contributed by atoms with Crippen LogP contribution in [-0.4, -0.2) is 25.7 Å². The second-order valence-corrected chi connectivity index (χ2v) is 3.70. The molecule has 0 aliphatic heterocycles. The summed E-state index contributed by atoms with van der Waals surface area (Å²) in [7, 11) is 0. The van der Waals surface area contributed by atoms with Crippen molar-refractivity contribution in [2.24, 2.45) is 5.73 Å². The van der Waals surface area contributed by atoms with Crippen LogP contribution in [0.15, 0.2) is 18.2 Å². The Balaban J connectivity index is 0.00000324. The molecule has 0 aromatic heterocycles. The molecule has 0 heterocycles. The first kappa shape index (κ1) is 17.7. The quantitative estimate of drug-likeness (QED) is 0.781. The SMILES string of the molecule is CCOC(=O)CCc1ccc(OCCN)cc1F.Cl. The minimum Gasteiger partial charge on any atom is -0.492 e. The van der Waals surface area contributed by atoms with Gasteiger partial charge in [-0.2, -0.15) is 0 Å². The number of aryl methyl sites for hydroxylation is 1. The highest BCUT2D eigenvalue weighted by Crippen LogP contribution is 2.18. The summed E-state index contributed by atoms with van der Waals surface area (Å²) in [5.41, 5.74) is 5.76. The van der Waals surface area contributed by atoms with Crippen LogP contribution < -0.4 is 10.5 Å². The van der Waals surface area contributed by atoms with E-state index in [4.69, 9.17) is 15.2 Å². The van der Waals surface area contributed by atoms with E-state index in [1.807, 2.05) is 0 Å². The Morgan fingerprint density at radius 3 is 2.74 bits per heavy atom. The fourth-order valence-electron chi connectivity index (χ4n) is 1.47. The van der Waals surface area contributed by atoms with Crippen molar-refractivity contribution < 1.29 is 18.7 Å². The van der Waals surface area contributed by atoms with E-state index in [0.29, 0.717) is 37.5 Å². The third-order valence-electron chi connectivity index (χ3n) is 2.31. The zero-order valence-electron chi connectivity index (χ0n) is 10.9. The molecule has 0 fully saturated rings. The van der Waals surface area contributed by atoms with Gasteiger partial charge in [-0.05, 0) is 25.0 Å². The van der Waals surface area contributed by atoms with Crippen LogP contribution in [0.3, 0.4) is 0 Å². The van der Waals surface area contributed by atoms with Crippen LogP contribution in [-0.2, 0) is 16.0 Å². The normalized spacial score (nSPS) is 9.63. The van der Waals surface area contributed by atoms with Gasteiger partial charge in [0.05, 0.1) is 6.61 Å². The van der Waals surface area contributed by atoms with E-state index in [9.17, 15) is 9.18 Å². The van der Waals surface area contributed by atoms with Crippen molar-refractivity contribution in [2.75, 3.05) is 19.8 Å². The van der Waals surface area contributed by atoms with Crippen LogP contribution in [0.4, 0.5) is 4.39 Å². The van der Waals surface area contributed by atoms with E-state index in [1.54, 1.807) is 19.1 Å². The largest absolute Gasteiger partial charge is 0.492 e. The first-order valence-corrected chi connectivity index (χ1v) is 5.94. The molecule has 0 amide bonds. The van der Waals surface area contributed by atoms with Crippen molar-refractivity contribution in [3.05, 3.63) is 29.6 Å². The fraction of sp³-hybridized carbons (Fsp3) is 0.462. The minimum absolute atomic E-state index is 0. The molecule has 4 nitrogen and oxygen atoms in total. The number of halogens is 2. The van der Waals surface area contributed by atoms with Gasteiger partial charge in [0.25, 0.3) is 0 Å². The molecule has 0 bridgehead atoms. The van der Waals surface area contributed by atoms with Gasteiger partial charge in [0.1, 0.15) is 18.2 Å². The predicted molar refractivity (Wildman–Crippen MR) is 73.2 cm³/mol. The maximum atomic E-state index is 13.7. The summed E-state index contributed by atoms with van der Waals surface area (Å²) in [5.74, 6) is -0.257. The standard InChI is InChI=1S/C13H18FNO3.ClH/c1-2-17-13(16)6-4-10-3-5-11(9-12(10)14)18-8-7-15;/h3,5,9H,2,4,6-8,15H2,1H3;1H. The Hall–Kier alpha value is -1.33. The van der Waals surface area contributed by atoms with Crippen LogP contribution in [0, 0.1) is 5.82 Å². The molecule has 0 saturated heterocycles. The lowest BCUT2D eigenvalue weighted by atomic mass is 10.1. The number of hydrogen-bond acceptors (Lipinski definition) is 4. The summed E-state index contributed by atoms with van der Waals surface area (Å²) in [6.45, 7) is 2.81. The summed E-state index contributed by atoms with van der Waals surface area (Å²) >= 11 is 0. The summed E-state index contributed by atoms with van der Waals surface area (Å²) in [5, 5.41) is 0. The molecule has 0 unspecified atom stereocenters. The van der Waals surface area contributed by atoms with Crippen LogP contribution >= 0.6 is 12.4 Å². The van der Waals surface area contributed by atoms with Crippen molar-refractivity contribution in [3.63, 3.8) is 0 Å². The molecule has 108 valence electrons. The summed E-state index contributed by atoms with van der Waals surface area (Å²) in [4.78, 5) is 11.2. The second kappa shape index (κ2) is 9.58. The zero-order valence-corrected chi connectivity index (χ0v) is 11.7. The third kappa shape index (κ3) is 6.40. The number of esters is 1. The molecule has 0 radical (unpaired) electrons. The lowest BCUT2D eigenvalue weighted by molar-refractivity contribution is -0.143. The third-order valence-corrected chi connectivity index (χ3v) is 2.31. The van der Waals surface area contributed by atoms with Crippen molar-refractivity contribution in [1.82, 2.24) is 0 Å². The molecule has 0 spiro atoms. The first-order chi connectivity index (χ1) is 8.67. The second-order valence-electron chi connectivity index (χ2n) is 3.70. The van der Waals surface area contributed by atoms with Gasteiger partial charge in [-0.1, -0.05) is 6.07 Å². The molecule has 0 atom stereocenters. The van der Waals surface area contributed by atoms with Gasteiger partial charge >= 0.3 is 5.97 Å². The molecule has 1 rings (SSSR count). The topological polar surface area (TPSA) is 61.5 Å². The zero-order chi connectivity index (χ0) is 13.4. The molecule has 2 N–H and O–H groups in total. The van der Waals surface area contributed by atoms with Crippen LogP contribution in [0.1, 0.15) is 18.9 Å². The number of rotatable bonds is 7. The number of hydrogen-bond donors (Lipinski definition) is 1. The average molecular weight is 292 g/mol. The van der Waals surface area contributed by atoms with Gasteiger partial charge in [-0.25, -0.2) is 4.39 Å². The van der Waals surface area contributed by atoms with Gasteiger partial charge in [-0.15, -0.1) is 12.4 Å². The molecule has 19 heavy (non-hydrogen) atoms. The van der Waals surface area contributed by atoms with Crippen molar-refractivity contribution in [2.45, 2.75) is 19.8 Å². The smallest absolute Gasteiger partial charge is 0.306 e. The molecule has 0 aliphatic rings. The Morgan fingerprint density at radius 2 is 2.16 bits per heavy atom. The Labute approximate surface area is 118 Å². The van der Waals surface area contributed by atoms with Gasteiger partial charge in [0.15, 0.2) is 0 Å². The number of carbonyl (C=O) groups is 1. The van der Waals surface area contributed by atoms with Crippen molar-refractivity contribution in [3.8, 4) is 5.75 Å². The number of nitrogens with two attached hydrogens (primary N) is 1. The minimum atomic E-state index is -0.381. The highest BCUT2D eigenvalue weighted by Gasteiger charge is 2.08. The molecule has 1 aromatic carbocycles. The first-order valence-electron chi connectivity index (χ1n) is 5.94. The molecule has 0 aliphatic carbocycles. The van der Waals surface area contributed by atoms with Gasteiger partial charge in [-0.3, -0.25) is 4.79 Å². The Morgan fingerprint density at radius 1 is 1.42 bits per heavy atom. The van der Waals surface area contributed by atoms with Crippen molar-refractivity contribution >= 4 is 18.4 Å². The lowest BCUT2D eigenvalue weighted by Gasteiger charge is -2.07. The highest BCUT2D eigenvalue weighted by atomic mass is 35.5. The van der Waals surface area contributed by atoms with E-state index < -0.39 is 0 Å². The van der Waals surface area contributed by atoms with Crippen LogP contribution in [0.2, 0.25) is 0 Å². The molecule has 6 heteroatoms. The molecular weight excluding hydrogens is 273 g/mol.